The third kappa shape index (κ3) is 4.43. The Hall–Kier alpha value is -2.14. The topological polar surface area (TPSA) is 46.2 Å². The molecule has 0 spiro atoms. The third-order valence-electron chi connectivity index (χ3n) is 2.99. The first kappa shape index (κ1) is 16.2. The lowest BCUT2D eigenvalue weighted by molar-refractivity contribution is -0.114. The van der Waals surface area contributed by atoms with Gasteiger partial charge in [-0.1, -0.05) is 0 Å². The molecule has 1 atom stereocenters. The summed E-state index contributed by atoms with van der Waals surface area (Å²) in [4.78, 5) is 24.2. The highest BCUT2D eigenvalue weighted by Crippen LogP contribution is 2.27. The third-order valence-corrected chi connectivity index (χ3v) is 4.10. The van der Waals surface area contributed by atoms with Gasteiger partial charge >= 0.3 is 0 Å². The minimum absolute atomic E-state index is 0.0454. The van der Waals surface area contributed by atoms with Crippen LogP contribution in [0.4, 0.5) is 10.1 Å². The SMILES string of the molecule is CC(=O)Nc1ccc(SC(C)C(=O)c2ccc(F)cc2)cc1. The van der Waals surface area contributed by atoms with Gasteiger partial charge in [0, 0.05) is 23.1 Å². The number of carbonyl (C=O) groups excluding carboxylic acids is 2. The molecule has 1 unspecified atom stereocenters. The summed E-state index contributed by atoms with van der Waals surface area (Å²) >= 11 is 1.42. The molecule has 0 saturated heterocycles. The van der Waals surface area contributed by atoms with Crippen LogP contribution >= 0.6 is 11.8 Å². The molecular formula is C17H16FNO2S. The molecule has 0 heterocycles. The summed E-state index contributed by atoms with van der Waals surface area (Å²) in [6.45, 7) is 3.27. The Morgan fingerprint density at radius 1 is 1.05 bits per heavy atom. The molecule has 0 saturated carbocycles. The molecule has 0 fully saturated rings. The van der Waals surface area contributed by atoms with Crippen LogP contribution in [0.3, 0.4) is 0 Å². The number of ketones is 1. The molecule has 2 aromatic rings. The predicted octanol–water partition coefficient (Wildman–Crippen LogP) is 4.15. The van der Waals surface area contributed by atoms with Gasteiger partial charge in [-0.3, -0.25) is 9.59 Å². The van der Waals surface area contributed by atoms with Crippen molar-refractivity contribution in [1.29, 1.82) is 0 Å². The second-order valence-corrected chi connectivity index (χ2v) is 6.25. The van der Waals surface area contributed by atoms with Crippen LogP contribution < -0.4 is 5.32 Å². The largest absolute Gasteiger partial charge is 0.326 e. The van der Waals surface area contributed by atoms with Crippen molar-refractivity contribution in [3.05, 3.63) is 59.9 Å². The van der Waals surface area contributed by atoms with Gasteiger partial charge < -0.3 is 5.32 Å². The number of rotatable bonds is 5. The maximum atomic E-state index is 12.9. The van der Waals surface area contributed by atoms with Gasteiger partial charge in [-0.25, -0.2) is 4.39 Å². The van der Waals surface area contributed by atoms with E-state index in [1.54, 1.807) is 12.1 Å². The average molecular weight is 317 g/mol. The number of anilines is 1. The Bertz CT molecular complexity index is 668. The van der Waals surface area contributed by atoms with E-state index in [1.807, 2.05) is 19.1 Å². The molecule has 22 heavy (non-hydrogen) atoms. The summed E-state index contributed by atoms with van der Waals surface area (Å²) in [5.41, 5.74) is 1.21. The van der Waals surface area contributed by atoms with Gasteiger partial charge in [0.05, 0.1) is 5.25 Å². The zero-order chi connectivity index (χ0) is 16.1. The number of halogens is 1. The standard InChI is InChI=1S/C17H16FNO2S/c1-11(17(21)13-3-5-14(18)6-4-13)22-16-9-7-15(8-10-16)19-12(2)20/h3-11H,1-2H3,(H,19,20). The Kier molecular flexibility index (Phi) is 5.33. The van der Waals surface area contributed by atoms with Crippen LogP contribution in [-0.4, -0.2) is 16.9 Å². The minimum atomic E-state index is -0.356. The Balaban J connectivity index is 2.01. The van der Waals surface area contributed by atoms with E-state index >= 15 is 0 Å². The number of thioether (sulfide) groups is 1. The molecule has 3 nitrogen and oxygen atoms in total. The van der Waals surface area contributed by atoms with Crippen LogP contribution in [0.2, 0.25) is 0 Å². The average Bonchev–Trinajstić information content (AvgIpc) is 2.49. The second kappa shape index (κ2) is 7.22. The molecule has 0 radical (unpaired) electrons. The Labute approximate surface area is 132 Å². The number of hydrogen-bond acceptors (Lipinski definition) is 3. The normalized spacial score (nSPS) is 11.8. The van der Waals surface area contributed by atoms with Crippen molar-refractivity contribution >= 4 is 29.1 Å². The molecule has 0 bridgehead atoms. The van der Waals surface area contributed by atoms with Crippen molar-refractivity contribution in [2.24, 2.45) is 0 Å². The van der Waals surface area contributed by atoms with Gasteiger partial charge in [0.1, 0.15) is 5.82 Å². The van der Waals surface area contributed by atoms with Crippen molar-refractivity contribution in [2.75, 3.05) is 5.32 Å². The summed E-state index contributed by atoms with van der Waals surface area (Å²) in [5, 5.41) is 2.41. The second-order valence-electron chi connectivity index (χ2n) is 4.84. The van der Waals surface area contributed by atoms with Gasteiger partial charge in [-0.15, -0.1) is 11.8 Å². The van der Waals surface area contributed by atoms with Gasteiger partial charge in [0.2, 0.25) is 5.91 Å². The zero-order valence-electron chi connectivity index (χ0n) is 12.3. The van der Waals surface area contributed by atoms with Gasteiger partial charge in [-0.2, -0.15) is 0 Å². The summed E-state index contributed by atoms with van der Waals surface area (Å²) in [5.74, 6) is -0.526. The molecule has 0 aromatic heterocycles. The van der Waals surface area contributed by atoms with Crippen molar-refractivity contribution in [3.63, 3.8) is 0 Å². The highest BCUT2D eigenvalue weighted by atomic mass is 32.2. The Morgan fingerprint density at radius 3 is 2.18 bits per heavy atom. The lowest BCUT2D eigenvalue weighted by Gasteiger charge is -2.11. The maximum absolute atomic E-state index is 12.9. The van der Waals surface area contributed by atoms with Crippen LogP contribution in [0.15, 0.2) is 53.4 Å². The van der Waals surface area contributed by atoms with Crippen LogP contribution in [-0.2, 0) is 4.79 Å². The minimum Gasteiger partial charge on any atom is -0.326 e. The van der Waals surface area contributed by atoms with E-state index in [1.165, 1.54) is 43.0 Å². The van der Waals surface area contributed by atoms with E-state index in [0.717, 1.165) is 10.6 Å². The van der Waals surface area contributed by atoms with E-state index in [4.69, 9.17) is 0 Å². The van der Waals surface area contributed by atoms with E-state index in [9.17, 15) is 14.0 Å². The van der Waals surface area contributed by atoms with Crippen LogP contribution in [0, 0.1) is 5.82 Å². The van der Waals surface area contributed by atoms with Crippen LogP contribution in [0.5, 0.6) is 0 Å². The first-order chi connectivity index (χ1) is 10.5. The van der Waals surface area contributed by atoms with Crippen molar-refractivity contribution in [2.45, 2.75) is 24.0 Å². The number of benzene rings is 2. The molecule has 1 amide bonds. The number of Topliss-reactive ketones (excluding diaryl/α,β-unsaturated/α-hetero) is 1. The lowest BCUT2D eigenvalue weighted by Crippen LogP contribution is -2.13. The molecule has 114 valence electrons. The molecule has 5 heteroatoms. The molecule has 0 aliphatic rings. The summed E-state index contributed by atoms with van der Waals surface area (Å²) in [6, 6.07) is 12.8. The number of nitrogens with one attached hydrogen (secondary N) is 1. The highest BCUT2D eigenvalue weighted by molar-refractivity contribution is 8.00. The first-order valence-electron chi connectivity index (χ1n) is 6.80. The van der Waals surface area contributed by atoms with E-state index in [2.05, 4.69) is 5.32 Å². The molecule has 0 aliphatic carbocycles. The van der Waals surface area contributed by atoms with Crippen molar-refractivity contribution < 1.29 is 14.0 Å². The van der Waals surface area contributed by atoms with E-state index < -0.39 is 0 Å². The number of carbonyl (C=O) groups is 2. The van der Waals surface area contributed by atoms with E-state index in [0.29, 0.717) is 5.56 Å². The number of amides is 1. The fourth-order valence-electron chi connectivity index (χ4n) is 1.93. The van der Waals surface area contributed by atoms with Crippen molar-refractivity contribution in [3.8, 4) is 0 Å². The summed E-state index contributed by atoms with van der Waals surface area (Å²) in [6.07, 6.45) is 0. The van der Waals surface area contributed by atoms with Crippen LogP contribution in [0.1, 0.15) is 24.2 Å². The Morgan fingerprint density at radius 2 is 1.64 bits per heavy atom. The van der Waals surface area contributed by atoms with E-state index in [-0.39, 0.29) is 22.8 Å². The fraction of sp³-hybridized carbons (Fsp3) is 0.176. The highest BCUT2D eigenvalue weighted by Gasteiger charge is 2.16. The predicted molar refractivity (Wildman–Crippen MR) is 86.8 cm³/mol. The molecule has 2 aromatic carbocycles. The van der Waals surface area contributed by atoms with Gasteiger partial charge in [0.25, 0.3) is 0 Å². The summed E-state index contributed by atoms with van der Waals surface area (Å²) in [7, 11) is 0. The summed E-state index contributed by atoms with van der Waals surface area (Å²) < 4.78 is 12.9. The van der Waals surface area contributed by atoms with Gasteiger partial charge in [0.15, 0.2) is 5.78 Å². The van der Waals surface area contributed by atoms with Crippen LogP contribution in [0.25, 0.3) is 0 Å². The number of hydrogen-bond donors (Lipinski definition) is 1. The molecule has 0 aliphatic heterocycles. The maximum Gasteiger partial charge on any atom is 0.221 e. The molecular weight excluding hydrogens is 301 g/mol. The molecule has 1 N–H and O–H groups in total. The monoisotopic (exact) mass is 317 g/mol. The zero-order valence-corrected chi connectivity index (χ0v) is 13.1. The lowest BCUT2D eigenvalue weighted by atomic mass is 10.1. The first-order valence-corrected chi connectivity index (χ1v) is 7.68. The van der Waals surface area contributed by atoms with Crippen molar-refractivity contribution in [1.82, 2.24) is 0 Å². The molecule has 2 rings (SSSR count). The smallest absolute Gasteiger partial charge is 0.221 e. The quantitative estimate of drug-likeness (QED) is 0.665. The fourth-order valence-corrected chi connectivity index (χ4v) is 2.87. The van der Waals surface area contributed by atoms with Gasteiger partial charge in [-0.05, 0) is 55.5 Å².